The molecule has 0 saturated carbocycles. The van der Waals surface area contributed by atoms with Crippen LogP contribution in [0, 0.1) is 10.8 Å². The van der Waals surface area contributed by atoms with Gasteiger partial charge < -0.3 is 9.84 Å². The quantitative estimate of drug-likeness (QED) is 0.719. The highest BCUT2D eigenvalue weighted by atomic mass is 16.6. The fraction of sp³-hybridized carbons (Fsp3) is 0.522. The van der Waals surface area contributed by atoms with E-state index in [4.69, 9.17) is 4.74 Å². The second-order valence-corrected chi connectivity index (χ2v) is 9.80. The molecule has 1 unspecified atom stereocenters. The molecule has 0 aromatic heterocycles. The molecule has 0 saturated heterocycles. The molecule has 2 aliphatic rings. The molecular formula is C23H31NO3. The molecule has 146 valence electrons. The number of anilines is 1. The lowest BCUT2D eigenvalue weighted by atomic mass is 9.53. The molecule has 0 spiro atoms. The van der Waals surface area contributed by atoms with Crippen LogP contribution in [0.1, 0.15) is 60.5 Å². The van der Waals surface area contributed by atoms with Crippen LogP contribution >= 0.6 is 0 Å². The maximum atomic E-state index is 12.3. The number of fused-ring (bicyclic) bond motifs is 1. The van der Waals surface area contributed by atoms with E-state index in [1.165, 1.54) is 5.57 Å². The highest BCUT2D eigenvalue weighted by molar-refractivity contribution is 5.97. The first-order valence-corrected chi connectivity index (χ1v) is 9.58. The standard InChI is InChI=1S/C23H31NO3/c1-21(2,3)27-20(26)24-16-11-9-8-10-14(16)18-17-15(23(18,6)7)12-13-22(4,5)19(17)25/h8-12,19,25H,13H2,1-7H3,(H,24,26). The number of para-hydroxylation sites is 1. The Hall–Kier alpha value is -2.07. The van der Waals surface area contributed by atoms with Crippen molar-refractivity contribution in [1.82, 2.24) is 0 Å². The third-order valence-electron chi connectivity index (χ3n) is 5.54. The Labute approximate surface area is 162 Å². The van der Waals surface area contributed by atoms with Crippen molar-refractivity contribution >= 4 is 17.4 Å². The van der Waals surface area contributed by atoms with Gasteiger partial charge >= 0.3 is 6.09 Å². The first kappa shape index (κ1) is 19.7. The van der Waals surface area contributed by atoms with Gasteiger partial charge in [0.2, 0.25) is 0 Å². The second kappa shape index (κ2) is 6.23. The van der Waals surface area contributed by atoms with E-state index in [-0.39, 0.29) is 10.8 Å². The van der Waals surface area contributed by atoms with Crippen LogP contribution in [0.4, 0.5) is 10.5 Å². The van der Waals surface area contributed by atoms with Gasteiger partial charge in [0.15, 0.2) is 0 Å². The lowest BCUT2D eigenvalue weighted by Crippen LogP contribution is -2.44. The number of aliphatic hydroxyl groups excluding tert-OH is 1. The predicted octanol–water partition coefficient (Wildman–Crippen LogP) is 5.54. The molecule has 0 heterocycles. The highest BCUT2D eigenvalue weighted by Gasteiger charge is 2.51. The molecule has 1 aromatic carbocycles. The van der Waals surface area contributed by atoms with Crippen molar-refractivity contribution in [2.75, 3.05) is 5.32 Å². The van der Waals surface area contributed by atoms with Crippen LogP contribution in [-0.2, 0) is 4.74 Å². The van der Waals surface area contributed by atoms with Gasteiger partial charge in [-0.2, -0.15) is 0 Å². The summed E-state index contributed by atoms with van der Waals surface area (Å²) in [5.74, 6) is 0. The maximum Gasteiger partial charge on any atom is 0.412 e. The predicted molar refractivity (Wildman–Crippen MR) is 109 cm³/mol. The molecular weight excluding hydrogens is 338 g/mol. The van der Waals surface area contributed by atoms with E-state index in [1.54, 1.807) is 0 Å². The molecule has 1 aromatic rings. The van der Waals surface area contributed by atoms with Crippen LogP contribution in [0.5, 0.6) is 0 Å². The highest BCUT2D eigenvalue weighted by Crippen LogP contribution is 2.61. The largest absolute Gasteiger partial charge is 0.444 e. The van der Waals surface area contributed by atoms with E-state index in [1.807, 2.05) is 45.0 Å². The van der Waals surface area contributed by atoms with Crippen LogP contribution in [0.25, 0.3) is 5.57 Å². The van der Waals surface area contributed by atoms with Crippen LogP contribution < -0.4 is 5.32 Å². The zero-order valence-corrected chi connectivity index (χ0v) is 17.4. The number of aliphatic hydroxyl groups is 1. The van der Waals surface area contributed by atoms with Gasteiger partial charge in [0.05, 0.1) is 11.8 Å². The minimum atomic E-state index is -0.559. The molecule has 0 bridgehead atoms. The fourth-order valence-electron chi connectivity index (χ4n) is 4.10. The molecule has 27 heavy (non-hydrogen) atoms. The normalized spacial score (nSPS) is 23.1. The topological polar surface area (TPSA) is 58.6 Å². The average Bonchev–Trinajstić information content (AvgIpc) is 2.50. The molecule has 2 aliphatic carbocycles. The van der Waals surface area contributed by atoms with E-state index in [9.17, 15) is 9.90 Å². The van der Waals surface area contributed by atoms with Crippen molar-refractivity contribution in [2.24, 2.45) is 10.8 Å². The van der Waals surface area contributed by atoms with E-state index in [2.05, 4.69) is 39.1 Å². The molecule has 1 amide bonds. The van der Waals surface area contributed by atoms with Crippen LogP contribution in [-0.4, -0.2) is 22.9 Å². The molecule has 4 nitrogen and oxygen atoms in total. The Balaban J connectivity index is 2.04. The van der Waals surface area contributed by atoms with Crippen molar-refractivity contribution in [3.63, 3.8) is 0 Å². The zero-order valence-electron chi connectivity index (χ0n) is 17.4. The van der Waals surface area contributed by atoms with Crippen LogP contribution in [0.3, 0.4) is 0 Å². The lowest BCUT2D eigenvalue weighted by Gasteiger charge is -2.52. The number of ether oxygens (including phenoxy) is 1. The maximum absolute atomic E-state index is 12.3. The van der Waals surface area contributed by atoms with Crippen molar-refractivity contribution in [3.05, 3.63) is 47.1 Å². The lowest BCUT2D eigenvalue weighted by molar-refractivity contribution is 0.0636. The first-order chi connectivity index (χ1) is 12.3. The number of allylic oxidation sites excluding steroid dienone is 2. The van der Waals surface area contributed by atoms with Crippen molar-refractivity contribution in [3.8, 4) is 0 Å². The summed E-state index contributed by atoms with van der Waals surface area (Å²) in [6.07, 6.45) is 2.13. The third-order valence-corrected chi connectivity index (χ3v) is 5.54. The van der Waals surface area contributed by atoms with Gasteiger partial charge in [-0.3, -0.25) is 5.32 Å². The number of nitrogens with one attached hydrogen (secondary N) is 1. The van der Waals surface area contributed by atoms with Gasteiger partial charge in [0, 0.05) is 11.0 Å². The monoisotopic (exact) mass is 369 g/mol. The second-order valence-electron chi connectivity index (χ2n) is 9.80. The van der Waals surface area contributed by atoms with Crippen LogP contribution in [0.2, 0.25) is 0 Å². The summed E-state index contributed by atoms with van der Waals surface area (Å²) in [5.41, 5.74) is 4.05. The molecule has 0 aliphatic heterocycles. The fourth-order valence-corrected chi connectivity index (χ4v) is 4.10. The van der Waals surface area contributed by atoms with Crippen molar-refractivity contribution in [2.45, 2.75) is 66.6 Å². The van der Waals surface area contributed by atoms with Gasteiger partial charge in [0.1, 0.15) is 5.60 Å². The Morgan fingerprint density at radius 1 is 1.19 bits per heavy atom. The number of amides is 1. The molecule has 3 rings (SSSR count). The molecule has 0 fully saturated rings. The van der Waals surface area contributed by atoms with E-state index >= 15 is 0 Å². The summed E-state index contributed by atoms with van der Waals surface area (Å²) in [7, 11) is 0. The summed E-state index contributed by atoms with van der Waals surface area (Å²) in [4.78, 5) is 12.3. The number of hydrogen-bond acceptors (Lipinski definition) is 3. The van der Waals surface area contributed by atoms with Gasteiger partial charge in [-0.15, -0.1) is 0 Å². The Kier molecular flexibility index (Phi) is 4.54. The molecule has 0 radical (unpaired) electrons. The van der Waals surface area contributed by atoms with Gasteiger partial charge in [0.25, 0.3) is 0 Å². The van der Waals surface area contributed by atoms with E-state index in [0.717, 1.165) is 23.1 Å². The van der Waals surface area contributed by atoms with E-state index in [0.29, 0.717) is 5.69 Å². The van der Waals surface area contributed by atoms with Crippen molar-refractivity contribution in [1.29, 1.82) is 0 Å². The molecule has 1 atom stereocenters. The molecule has 4 heteroatoms. The summed E-state index contributed by atoms with van der Waals surface area (Å²) >= 11 is 0. The number of carbonyl (C=O) groups is 1. The van der Waals surface area contributed by atoms with Gasteiger partial charge in [-0.05, 0) is 55.4 Å². The van der Waals surface area contributed by atoms with Crippen LogP contribution in [0.15, 0.2) is 41.5 Å². The molecule has 2 N–H and O–H groups in total. The summed E-state index contributed by atoms with van der Waals surface area (Å²) < 4.78 is 5.41. The van der Waals surface area contributed by atoms with Gasteiger partial charge in [-0.1, -0.05) is 52.0 Å². The number of benzene rings is 1. The Bertz CT molecular complexity index is 837. The zero-order chi connectivity index (χ0) is 20.2. The SMILES string of the molecule is CC(C)(C)OC(=O)Nc1ccccc1C1=C2C(=CCC(C)(C)C2O)C1(C)C. The smallest absolute Gasteiger partial charge is 0.412 e. The summed E-state index contributed by atoms with van der Waals surface area (Å²) in [6, 6.07) is 7.74. The third kappa shape index (κ3) is 3.43. The average molecular weight is 370 g/mol. The number of carbonyl (C=O) groups excluding carboxylic acids is 1. The minimum Gasteiger partial charge on any atom is -0.444 e. The number of hydrogen-bond donors (Lipinski definition) is 2. The Morgan fingerprint density at radius 2 is 1.81 bits per heavy atom. The summed E-state index contributed by atoms with van der Waals surface area (Å²) in [5, 5.41) is 13.9. The summed E-state index contributed by atoms with van der Waals surface area (Å²) in [6.45, 7) is 14.1. The van der Waals surface area contributed by atoms with Crippen molar-refractivity contribution < 1.29 is 14.6 Å². The first-order valence-electron chi connectivity index (χ1n) is 9.58. The van der Waals surface area contributed by atoms with Gasteiger partial charge in [-0.25, -0.2) is 4.79 Å². The Morgan fingerprint density at radius 3 is 2.44 bits per heavy atom. The van der Waals surface area contributed by atoms with E-state index < -0.39 is 17.8 Å². The minimum absolute atomic E-state index is 0.168. The number of rotatable bonds is 2.